The van der Waals surface area contributed by atoms with Gasteiger partial charge in [0.25, 0.3) is 0 Å². The standard InChI is InChI=1S/C16H29N3O3/c1-6-22-12-9-16(17,15(12,4)5)14(21)18-11-7-8-19(10(2)3)13(11)20/h10-12H,6-9,17H2,1-5H3,(H,18,21). The summed E-state index contributed by atoms with van der Waals surface area (Å²) in [5, 5.41) is 2.86. The largest absolute Gasteiger partial charge is 0.378 e. The summed E-state index contributed by atoms with van der Waals surface area (Å²) in [6, 6.07) is -0.291. The molecule has 0 aromatic heterocycles. The van der Waals surface area contributed by atoms with Crippen LogP contribution in [0.15, 0.2) is 0 Å². The van der Waals surface area contributed by atoms with Gasteiger partial charge in [0.1, 0.15) is 11.6 Å². The molecule has 2 fully saturated rings. The zero-order valence-electron chi connectivity index (χ0n) is 14.3. The molecular weight excluding hydrogens is 282 g/mol. The van der Waals surface area contributed by atoms with E-state index >= 15 is 0 Å². The van der Waals surface area contributed by atoms with Gasteiger partial charge in [-0.25, -0.2) is 0 Å². The first kappa shape index (κ1) is 17.2. The molecule has 6 heteroatoms. The number of amides is 2. The van der Waals surface area contributed by atoms with Crippen LogP contribution in [-0.2, 0) is 14.3 Å². The molecule has 3 unspecified atom stereocenters. The predicted molar refractivity (Wildman–Crippen MR) is 84.1 cm³/mol. The molecule has 1 saturated heterocycles. The number of nitrogens with one attached hydrogen (secondary N) is 1. The smallest absolute Gasteiger partial charge is 0.245 e. The fourth-order valence-corrected chi connectivity index (χ4v) is 3.46. The Balaban J connectivity index is 2.00. The van der Waals surface area contributed by atoms with Gasteiger partial charge < -0.3 is 20.7 Å². The van der Waals surface area contributed by atoms with Gasteiger partial charge >= 0.3 is 0 Å². The summed E-state index contributed by atoms with van der Waals surface area (Å²) in [5.74, 6) is -0.247. The maximum atomic E-state index is 12.6. The molecule has 3 N–H and O–H groups in total. The Labute approximate surface area is 132 Å². The Morgan fingerprint density at radius 3 is 2.59 bits per heavy atom. The zero-order chi connectivity index (χ0) is 16.7. The SMILES string of the molecule is CCOC1CC(N)(C(=O)NC2CCN(C(C)C)C2=O)C1(C)C. The molecule has 22 heavy (non-hydrogen) atoms. The second-order valence-electron chi connectivity index (χ2n) is 7.28. The van der Waals surface area contributed by atoms with Crippen LogP contribution in [0, 0.1) is 5.41 Å². The summed E-state index contributed by atoms with van der Waals surface area (Å²) in [6.45, 7) is 11.1. The van der Waals surface area contributed by atoms with Crippen LogP contribution >= 0.6 is 0 Å². The number of likely N-dealkylation sites (tertiary alicyclic amines) is 1. The Hall–Kier alpha value is -1.14. The van der Waals surface area contributed by atoms with E-state index in [-0.39, 0.29) is 24.0 Å². The van der Waals surface area contributed by atoms with Crippen molar-refractivity contribution in [2.45, 2.75) is 71.2 Å². The molecule has 126 valence electrons. The Morgan fingerprint density at radius 1 is 1.50 bits per heavy atom. The topological polar surface area (TPSA) is 84.7 Å². The number of rotatable bonds is 5. The third-order valence-electron chi connectivity index (χ3n) is 5.40. The van der Waals surface area contributed by atoms with E-state index in [2.05, 4.69) is 5.32 Å². The predicted octanol–water partition coefficient (Wildman–Crippen LogP) is 0.644. The van der Waals surface area contributed by atoms with Crippen LogP contribution in [-0.4, -0.2) is 53.6 Å². The molecule has 2 aliphatic rings. The lowest BCUT2D eigenvalue weighted by Crippen LogP contribution is -2.76. The molecule has 1 aliphatic heterocycles. The van der Waals surface area contributed by atoms with E-state index in [1.54, 1.807) is 4.90 Å². The van der Waals surface area contributed by atoms with Crippen molar-refractivity contribution in [2.75, 3.05) is 13.2 Å². The van der Waals surface area contributed by atoms with Gasteiger partial charge in [0.05, 0.1) is 6.10 Å². The van der Waals surface area contributed by atoms with Crippen molar-refractivity contribution in [1.29, 1.82) is 0 Å². The fourth-order valence-electron chi connectivity index (χ4n) is 3.46. The molecule has 0 spiro atoms. The highest BCUT2D eigenvalue weighted by molar-refractivity contribution is 5.94. The third kappa shape index (κ3) is 2.52. The van der Waals surface area contributed by atoms with Crippen LogP contribution in [0.2, 0.25) is 0 Å². The Kier molecular flexibility index (Phi) is 4.55. The van der Waals surface area contributed by atoms with Crippen molar-refractivity contribution in [3.8, 4) is 0 Å². The number of ether oxygens (including phenoxy) is 1. The lowest BCUT2D eigenvalue weighted by atomic mass is 9.54. The normalized spacial score (nSPS) is 34.0. The van der Waals surface area contributed by atoms with Crippen LogP contribution in [0.5, 0.6) is 0 Å². The van der Waals surface area contributed by atoms with Gasteiger partial charge in [-0.15, -0.1) is 0 Å². The average molecular weight is 311 g/mol. The quantitative estimate of drug-likeness (QED) is 0.780. The molecule has 2 amide bonds. The van der Waals surface area contributed by atoms with E-state index in [4.69, 9.17) is 10.5 Å². The number of nitrogens with zero attached hydrogens (tertiary/aromatic N) is 1. The number of carbonyl (C=O) groups excluding carboxylic acids is 2. The molecule has 0 aromatic rings. The van der Waals surface area contributed by atoms with Gasteiger partial charge in [-0.3, -0.25) is 9.59 Å². The Morgan fingerprint density at radius 2 is 2.14 bits per heavy atom. The lowest BCUT2D eigenvalue weighted by molar-refractivity contribution is -0.171. The molecule has 1 aliphatic carbocycles. The van der Waals surface area contributed by atoms with Crippen molar-refractivity contribution in [1.82, 2.24) is 10.2 Å². The van der Waals surface area contributed by atoms with E-state index < -0.39 is 17.0 Å². The van der Waals surface area contributed by atoms with Crippen LogP contribution in [0.4, 0.5) is 0 Å². The maximum absolute atomic E-state index is 12.6. The van der Waals surface area contributed by atoms with Crippen LogP contribution in [0.1, 0.15) is 47.5 Å². The van der Waals surface area contributed by atoms with Crippen LogP contribution in [0.25, 0.3) is 0 Å². The van der Waals surface area contributed by atoms with E-state index in [1.807, 2.05) is 34.6 Å². The molecule has 6 nitrogen and oxygen atoms in total. The summed E-state index contributed by atoms with van der Waals surface area (Å²) in [4.78, 5) is 26.7. The van der Waals surface area contributed by atoms with Crippen LogP contribution < -0.4 is 11.1 Å². The van der Waals surface area contributed by atoms with Crippen molar-refractivity contribution < 1.29 is 14.3 Å². The molecule has 3 atom stereocenters. The van der Waals surface area contributed by atoms with Crippen LogP contribution in [0.3, 0.4) is 0 Å². The van der Waals surface area contributed by atoms with Gasteiger partial charge in [0.2, 0.25) is 11.8 Å². The molecular formula is C16H29N3O3. The molecule has 0 bridgehead atoms. The summed E-state index contributed by atoms with van der Waals surface area (Å²) < 4.78 is 5.64. The van der Waals surface area contributed by atoms with Crippen molar-refractivity contribution in [2.24, 2.45) is 11.1 Å². The monoisotopic (exact) mass is 311 g/mol. The third-order valence-corrected chi connectivity index (χ3v) is 5.40. The number of hydrogen-bond acceptors (Lipinski definition) is 4. The maximum Gasteiger partial charge on any atom is 0.245 e. The van der Waals surface area contributed by atoms with E-state index in [9.17, 15) is 9.59 Å². The highest BCUT2D eigenvalue weighted by atomic mass is 16.5. The fraction of sp³-hybridized carbons (Fsp3) is 0.875. The van der Waals surface area contributed by atoms with Crippen molar-refractivity contribution in [3.63, 3.8) is 0 Å². The minimum Gasteiger partial charge on any atom is -0.378 e. The highest BCUT2D eigenvalue weighted by Gasteiger charge is 2.63. The van der Waals surface area contributed by atoms with Gasteiger partial charge in [0.15, 0.2) is 0 Å². The van der Waals surface area contributed by atoms with Gasteiger partial charge in [-0.05, 0) is 27.2 Å². The number of hydrogen-bond donors (Lipinski definition) is 2. The second-order valence-corrected chi connectivity index (χ2v) is 7.28. The van der Waals surface area contributed by atoms with Crippen molar-refractivity contribution >= 4 is 11.8 Å². The van der Waals surface area contributed by atoms with E-state index in [0.717, 1.165) is 0 Å². The highest BCUT2D eigenvalue weighted by Crippen LogP contribution is 2.49. The molecule has 0 radical (unpaired) electrons. The number of nitrogens with two attached hydrogens (primary N) is 1. The first-order valence-electron chi connectivity index (χ1n) is 8.17. The molecule has 1 heterocycles. The molecule has 1 saturated carbocycles. The summed E-state index contributed by atoms with van der Waals surface area (Å²) in [7, 11) is 0. The van der Waals surface area contributed by atoms with E-state index in [0.29, 0.717) is 26.0 Å². The van der Waals surface area contributed by atoms with E-state index in [1.165, 1.54) is 0 Å². The average Bonchev–Trinajstić information content (AvgIpc) is 2.79. The minimum atomic E-state index is -0.974. The van der Waals surface area contributed by atoms with Gasteiger partial charge in [-0.1, -0.05) is 13.8 Å². The number of carbonyl (C=O) groups is 2. The summed E-state index contributed by atoms with van der Waals surface area (Å²) >= 11 is 0. The zero-order valence-corrected chi connectivity index (χ0v) is 14.3. The first-order valence-corrected chi connectivity index (χ1v) is 8.17. The summed E-state index contributed by atoms with van der Waals surface area (Å²) in [6.07, 6.45) is 1.13. The molecule has 2 rings (SSSR count). The Bertz CT molecular complexity index is 464. The van der Waals surface area contributed by atoms with Crippen molar-refractivity contribution in [3.05, 3.63) is 0 Å². The molecule has 0 aromatic carbocycles. The lowest BCUT2D eigenvalue weighted by Gasteiger charge is -2.57. The summed E-state index contributed by atoms with van der Waals surface area (Å²) in [5.41, 5.74) is 4.93. The minimum absolute atomic E-state index is 0.00885. The van der Waals surface area contributed by atoms with Gasteiger partial charge in [-0.2, -0.15) is 0 Å². The second kappa shape index (κ2) is 5.81. The first-order chi connectivity index (χ1) is 10.1. The van der Waals surface area contributed by atoms with Gasteiger partial charge in [0, 0.05) is 31.0 Å².